The second-order valence-corrected chi connectivity index (χ2v) is 5.02. The van der Waals surface area contributed by atoms with Gasteiger partial charge in [0.1, 0.15) is 10.8 Å². The van der Waals surface area contributed by atoms with Crippen molar-refractivity contribution in [3.8, 4) is 0 Å². The van der Waals surface area contributed by atoms with Crippen LogP contribution < -0.4 is 5.32 Å². The van der Waals surface area contributed by atoms with Gasteiger partial charge in [0.15, 0.2) is 0 Å². The van der Waals surface area contributed by atoms with Crippen molar-refractivity contribution in [3.63, 3.8) is 0 Å². The van der Waals surface area contributed by atoms with Crippen molar-refractivity contribution < 1.29 is 4.79 Å². The number of likely N-dealkylation sites (N-methyl/N-ethyl adjacent to an activating group) is 1. The van der Waals surface area contributed by atoms with Gasteiger partial charge >= 0.3 is 0 Å². The first kappa shape index (κ1) is 14.2. The van der Waals surface area contributed by atoms with Crippen molar-refractivity contribution in [1.82, 2.24) is 25.1 Å². The SMILES string of the molecule is CN1CCN(CCNC(=O)c2cncc(Cl)n2)CC1. The number of aromatic nitrogens is 2. The molecule has 0 bridgehead atoms. The number of carbonyl (C=O) groups is 1. The molecule has 1 aliphatic heterocycles. The Balaban J connectivity index is 1.72. The molecule has 0 radical (unpaired) electrons. The Morgan fingerprint density at radius 3 is 2.79 bits per heavy atom. The van der Waals surface area contributed by atoms with Crippen LogP contribution in [0, 0.1) is 0 Å². The fourth-order valence-electron chi connectivity index (χ4n) is 1.94. The van der Waals surface area contributed by atoms with Crippen LogP contribution in [0.5, 0.6) is 0 Å². The van der Waals surface area contributed by atoms with E-state index in [2.05, 4.69) is 32.1 Å². The molecule has 1 fully saturated rings. The summed E-state index contributed by atoms with van der Waals surface area (Å²) in [4.78, 5) is 24.2. The maximum Gasteiger partial charge on any atom is 0.271 e. The van der Waals surface area contributed by atoms with Crippen molar-refractivity contribution >= 4 is 17.5 Å². The fourth-order valence-corrected chi connectivity index (χ4v) is 2.09. The van der Waals surface area contributed by atoms with Crippen LogP contribution in [-0.4, -0.2) is 72.0 Å². The zero-order chi connectivity index (χ0) is 13.7. The normalized spacial score (nSPS) is 17.4. The largest absolute Gasteiger partial charge is 0.349 e. The van der Waals surface area contributed by atoms with Gasteiger partial charge in [-0.2, -0.15) is 0 Å². The van der Waals surface area contributed by atoms with Gasteiger partial charge < -0.3 is 10.2 Å². The third-order valence-electron chi connectivity index (χ3n) is 3.15. The molecule has 7 heteroatoms. The highest BCUT2D eigenvalue weighted by Gasteiger charge is 2.14. The number of hydrogen-bond acceptors (Lipinski definition) is 5. The van der Waals surface area contributed by atoms with E-state index in [0.29, 0.717) is 6.54 Å². The van der Waals surface area contributed by atoms with Crippen molar-refractivity contribution in [2.24, 2.45) is 0 Å². The molecule has 1 N–H and O–H groups in total. The average Bonchev–Trinajstić information content (AvgIpc) is 2.41. The van der Waals surface area contributed by atoms with Crippen LogP contribution in [0.2, 0.25) is 5.15 Å². The summed E-state index contributed by atoms with van der Waals surface area (Å²) in [5.41, 5.74) is 0.255. The topological polar surface area (TPSA) is 61.4 Å². The van der Waals surface area contributed by atoms with Gasteiger partial charge in [-0.05, 0) is 7.05 Å². The molecule has 104 valence electrons. The van der Waals surface area contributed by atoms with Gasteiger partial charge in [-0.25, -0.2) is 4.98 Å². The molecule has 2 heterocycles. The van der Waals surface area contributed by atoms with Crippen LogP contribution in [-0.2, 0) is 0 Å². The summed E-state index contributed by atoms with van der Waals surface area (Å²) in [6.07, 6.45) is 2.82. The molecule has 6 nitrogen and oxygen atoms in total. The number of nitrogens with zero attached hydrogens (tertiary/aromatic N) is 4. The monoisotopic (exact) mass is 283 g/mol. The zero-order valence-electron chi connectivity index (χ0n) is 11.0. The first-order chi connectivity index (χ1) is 9.15. The number of rotatable bonds is 4. The highest BCUT2D eigenvalue weighted by atomic mass is 35.5. The molecule has 0 spiro atoms. The summed E-state index contributed by atoms with van der Waals surface area (Å²) < 4.78 is 0. The van der Waals surface area contributed by atoms with E-state index in [4.69, 9.17) is 11.6 Å². The molecule has 19 heavy (non-hydrogen) atoms. The number of halogens is 1. The van der Waals surface area contributed by atoms with Crippen molar-refractivity contribution in [2.45, 2.75) is 0 Å². The van der Waals surface area contributed by atoms with E-state index in [0.717, 1.165) is 32.7 Å². The number of carbonyl (C=O) groups excluding carboxylic acids is 1. The summed E-state index contributed by atoms with van der Waals surface area (Å²) in [7, 11) is 2.12. The second kappa shape index (κ2) is 6.79. The first-order valence-electron chi connectivity index (χ1n) is 6.32. The molecular weight excluding hydrogens is 266 g/mol. The Hall–Kier alpha value is -1.24. The Kier molecular flexibility index (Phi) is 5.07. The van der Waals surface area contributed by atoms with E-state index in [9.17, 15) is 4.79 Å². The number of nitrogens with one attached hydrogen (secondary N) is 1. The van der Waals surface area contributed by atoms with Crippen molar-refractivity contribution in [1.29, 1.82) is 0 Å². The van der Waals surface area contributed by atoms with Crippen LogP contribution >= 0.6 is 11.6 Å². The van der Waals surface area contributed by atoms with Gasteiger partial charge in [0.2, 0.25) is 0 Å². The zero-order valence-corrected chi connectivity index (χ0v) is 11.7. The van der Waals surface area contributed by atoms with E-state index in [-0.39, 0.29) is 16.8 Å². The predicted octanol–water partition coefficient (Wildman–Crippen LogP) is 0.107. The lowest BCUT2D eigenvalue weighted by Gasteiger charge is -2.32. The van der Waals surface area contributed by atoms with Crippen molar-refractivity contribution in [2.75, 3.05) is 46.3 Å². The molecule has 1 aromatic rings. The highest BCUT2D eigenvalue weighted by Crippen LogP contribution is 2.02. The number of hydrogen-bond donors (Lipinski definition) is 1. The Morgan fingerprint density at radius 2 is 2.11 bits per heavy atom. The van der Waals surface area contributed by atoms with Gasteiger partial charge in [0.05, 0.1) is 12.4 Å². The van der Waals surface area contributed by atoms with Crippen molar-refractivity contribution in [3.05, 3.63) is 23.2 Å². The van der Waals surface area contributed by atoms with Crippen LogP contribution in [0.15, 0.2) is 12.4 Å². The second-order valence-electron chi connectivity index (χ2n) is 4.63. The summed E-state index contributed by atoms with van der Waals surface area (Å²) >= 11 is 5.69. The highest BCUT2D eigenvalue weighted by molar-refractivity contribution is 6.29. The molecule has 1 amide bonds. The third-order valence-corrected chi connectivity index (χ3v) is 3.33. The molecule has 1 aliphatic rings. The standard InChI is InChI=1S/C12H18ClN5O/c1-17-4-6-18(7-5-17)3-2-15-12(19)10-8-14-9-11(13)16-10/h8-9H,2-7H2,1H3,(H,15,19). The lowest BCUT2D eigenvalue weighted by Crippen LogP contribution is -2.46. The van der Waals surface area contributed by atoms with Crippen LogP contribution in [0.1, 0.15) is 10.5 Å². The quantitative estimate of drug-likeness (QED) is 0.850. The minimum Gasteiger partial charge on any atom is -0.349 e. The summed E-state index contributed by atoms with van der Waals surface area (Å²) in [5.74, 6) is -0.232. The minimum absolute atomic E-state index is 0.228. The van der Waals surface area contributed by atoms with Gasteiger partial charge in [-0.3, -0.25) is 14.7 Å². The van der Waals surface area contributed by atoms with Crippen LogP contribution in [0.25, 0.3) is 0 Å². The number of amides is 1. The molecular formula is C12H18ClN5O. The number of piperazine rings is 1. The van der Waals surface area contributed by atoms with Crippen LogP contribution in [0.3, 0.4) is 0 Å². The molecule has 0 aromatic carbocycles. The lowest BCUT2D eigenvalue weighted by molar-refractivity contribution is 0.0935. The van der Waals surface area contributed by atoms with Gasteiger partial charge in [-0.1, -0.05) is 11.6 Å². The molecule has 1 aromatic heterocycles. The third kappa shape index (κ3) is 4.41. The van der Waals surface area contributed by atoms with E-state index in [1.165, 1.54) is 12.4 Å². The summed E-state index contributed by atoms with van der Waals surface area (Å²) in [5, 5.41) is 3.06. The van der Waals surface area contributed by atoms with Gasteiger partial charge in [0, 0.05) is 39.3 Å². The molecule has 0 atom stereocenters. The molecule has 2 rings (SSSR count). The predicted molar refractivity (Wildman–Crippen MR) is 73.3 cm³/mol. The minimum atomic E-state index is -0.232. The Labute approximate surface area is 117 Å². The Morgan fingerprint density at radius 1 is 1.37 bits per heavy atom. The van der Waals surface area contributed by atoms with Gasteiger partial charge in [0.25, 0.3) is 5.91 Å². The van der Waals surface area contributed by atoms with Gasteiger partial charge in [-0.15, -0.1) is 0 Å². The Bertz CT molecular complexity index is 434. The van der Waals surface area contributed by atoms with E-state index in [1.54, 1.807) is 0 Å². The molecule has 1 saturated heterocycles. The fraction of sp³-hybridized carbons (Fsp3) is 0.583. The molecule has 0 saturated carbocycles. The van der Waals surface area contributed by atoms with E-state index in [1.807, 2.05) is 0 Å². The maximum absolute atomic E-state index is 11.8. The summed E-state index contributed by atoms with van der Waals surface area (Å²) in [6, 6.07) is 0. The van der Waals surface area contributed by atoms with E-state index < -0.39 is 0 Å². The maximum atomic E-state index is 11.8. The average molecular weight is 284 g/mol. The molecule has 0 unspecified atom stereocenters. The summed E-state index contributed by atoms with van der Waals surface area (Å²) in [6.45, 7) is 5.71. The first-order valence-corrected chi connectivity index (χ1v) is 6.69. The lowest BCUT2D eigenvalue weighted by atomic mass is 10.3. The van der Waals surface area contributed by atoms with Crippen LogP contribution in [0.4, 0.5) is 0 Å². The molecule has 0 aliphatic carbocycles. The smallest absolute Gasteiger partial charge is 0.271 e. The van der Waals surface area contributed by atoms with E-state index >= 15 is 0 Å².